The Bertz CT molecular complexity index is 1790. The van der Waals surface area contributed by atoms with Crippen molar-refractivity contribution in [3.05, 3.63) is 87.3 Å². The number of thiazole rings is 1. The average molecular weight is 506 g/mol. The van der Waals surface area contributed by atoms with Crippen molar-refractivity contribution in [1.82, 2.24) is 14.8 Å². The second-order valence-electron chi connectivity index (χ2n) is 8.29. The van der Waals surface area contributed by atoms with Gasteiger partial charge in [0.25, 0.3) is 10.6 Å². The predicted molar refractivity (Wildman–Crippen MR) is 140 cm³/mol. The van der Waals surface area contributed by atoms with E-state index in [2.05, 4.69) is 36.3 Å². The van der Waals surface area contributed by atoms with Crippen LogP contribution in [-0.4, -0.2) is 27.7 Å². The summed E-state index contributed by atoms with van der Waals surface area (Å²) in [6.07, 6.45) is 2.00. The quantitative estimate of drug-likeness (QED) is 0.254. The first kappa shape index (κ1) is 23.2. The molecule has 1 unspecified atom stereocenters. The molecular weight excluding hydrogens is 482 g/mol. The summed E-state index contributed by atoms with van der Waals surface area (Å²) in [5, 5.41) is 6.29. The van der Waals surface area contributed by atoms with Crippen molar-refractivity contribution >= 4 is 53.2 Å². The first-order valence-electron chi connectivity index (χ1n) is 11.1. The Morgan fingerprint density at radius 3 is 2.51 bits per heavy atom. The van der Waals surface area contributed by atoms with E-state index in [1.165, 1.54) is 33.6 Å². The first-order valence-corrected chi connectivity index (χ1v) is 13.9. The van der Waals surface area contributed by atoms with Gasteiger partial charge in [0.15, 0.2) is 0 Å². The Morgan fingerprint density at radius 2 is 1.83 bits per heavy atom. The molecule has 0 aliphatic heterocycles. The highest BCUT2D eigenvalue weighted by Gasteiger charge is 2.23. The number of hydrogen-bond acceptors (Lipinski definition) is 5. The number of aryl methyl sites for hydroxylation is 2. The molecule has 3 aromatic carbocycles. The lowest BCUT2D eigenvalue weighted by molar-refractivity contribution is 0.463. The Hall–Kier alpha value is -3.53. The predicted octanol–water partition coefficient (Wildman–Crippen LogP) is 5.41. The molecule has 0 saturated heterocycles. The zero-order chi connectivity index (χ0) is 24.9. The lowest BCUT2D eigenvalue weighted by atomic mass is 10.1. The normalized spacial score (nSPS) is 13.1. The van der Waals surface area contributed by atoms with Crippen LogP contribution in [0.15, 0.2) is 70.4 Å². The van der Waals surface area contributed by atoms with Crippen LogP contribution in [0.5, 0.6) is 0 Å². The van der Waals surface area contributed by atoms with Crippen LogP contribution in [0.3, 0.4) is 0 Å². The van der Waals surface area contributed by atoms with E-state index in [1.807, 2.05) is 32.1 Å². The molecule has 0 aliphatic carbocycles. The van der Waals surface area contributed by atoms with Crippen LogP contribution in [0.1, 0.15) is 30.1 Å². The molecule has 178 valence electrons. The van der Waals surface area contributed by atoms with Gasteiger partial charge in [0, 0.05) is 33.7 Å². The van der Waals surface area contributed by atoms with Gasteiger partial charge in [-0.3, -0.25) is 9.89 Å². The second-order valence-corrected chi connectivity index (χ2v) is 11.9. The number of hydrogen-bond donors (Lipinski definition) is 1. The third-order valence-corrected chi connectivity index (χ3v) is 9.08. The van der Waals surface area contributed by atoms with E-state index < -0.39 is 10.1 Å². The zero-order valence-electron chi connectivity index (χ0n) is 19.4. The summed E-state index contributed by atoms with van der Waals surface area (Å²) >= 11 is 0. The topological polar surface area (TPSA) is 108 Å². The molecule has 35 heavy (non-hydrogen) atoms. The van der Waals surface area contributed by atoms with E-state index in [-0.39, 0.29) is 20.9 Å². The summed E-state index contributed by atoms with van der Waals surface area (Å²) in [6.45, 7) is 5.86. The summed E-state index contributed by atoms with van der Waals surface area (Å²) in [6, 6.07) is 17.8. The Morgan fingerprint density at radius 1 is 1.11 bits per heavy atom. The number of aromatic amines is 1. The number of fused-ring (bicyclic) bond motifs is 3. The number of rotatable bonds is 5. The Kier molecular flexibility index (Phi) is 5.71. The molecule has 9 heteroatoms. The van der Waals surface area contributed by atoms with E-state index in [0.29, 0.717) is 16.9 Å². The molecule has 5 rings (SSSR count). The largest absolute Gasteiger partial charge is 0.744 e. The number of aromatic nitrogens is 3. The summed E-state index contributed by atoms with van der Waals surface area (Å²) in [7, 11) is -4.74. The fourth-order valence-electron chi connectivity index (χ4n) is 4.45. The van der Waals surface area contributed by atoms with Crippen LogP contribution in [0.4, 0.5) is 0 Å². The molecule has 0 fully saturated rings. The van der Waals surface area contributed by atoms with Crippen molar-refractivity contribution in [3.8, 4) is 5.69 Å². The summed E-state index contributed by atoms with van der Waals surface area (Å²) < 4.78 is 36.2. The molecule has 0 radical (unpaired) electrons. The van der Waals surface area contributed by atoms with Crippen LogP contribution in [0, 0.1) is 6.92 Å². The number of H-pyrrole nitrogens is 1. The SMILES string of the molecule is CC[s+]1c(C=C(C)c2c(C)[nH]n(-c3ccc(S(=O)(=O)[O-])cc3)c2=O)nc2c3ccccc3ccc21. The standard InChI is InChI=1S/C26H23N3O4S2/c1-4-34-22-14-9-18-7-5-6-8-21(18)25(22)27-23(34)15-16(2)24-17(3)28-29(26(24)30)19-10-12-20(13-11-19)35(31,32)33/h5-15H,4H2,1-3H3,(H-,27,28,30,31,32,33). The molecule has 0 saturated carbocycles. The van der Waals surface area contributed by atoms with Gasteiger partial charge in [0.05, 0.1) is 16.1 Å². The summed E-state index contributed by atoms with van der Waals surface area (Å²) in [4.78, 5) is 18.0. The van der Waals surface area contributed by atoms with Crippen molar-refractivity contribution in [2.45, 2.75) is 31.4 Å². The Labute approximate surface area is 205 Å². The van der Waals surface area contributed by atoms with Gasteiger partial charge in [0.2, 0.25) is 4.70 Å². The Balaban J connectivity index is 1.61. The van der Waals surface area contributed by atoms with Crippen molar-refractivity contribution in [2.75, 3.05) is 0 Å². The number of nitrogens with zero attached hydrogens (tertiary/aromatic N) is 2. The molecule has 0 aliphatic rings. The fraction of sp³-hybridized carbons (Fsp3) is 0.154. The van der Waals surface area contributed by atoms with Crippen molar-refractivity contribution in [3.63, 3.8) is 0 Å². The lowest BCUT2D eigenvalue weighted by Crippen LogP contribution is -2.16. The molecule has 0 spiro atoms. The highest BCUT2D eigenvalue weighted by atomic mass is 32.2. The lowest BCUT2D eigenvalue weighted by Gasteiger charge is -2.07. The molecule has 5 aromatic rings. The minimum atomic E-state index is -4.56. The summed E-state index contributed by atoms with van der Waals surface area (Å²) in [5.74, 6) is 0.916. The van der Waals surface area contributed by atoms with Crippen molar-refractivity contribution in [1.29, 1.82) is 0 Å². The smallest absolute Gasteiger partial charge is 0.279 e. The number of benzene rings is 3. The average Bonchev–Trinajstić information content (AvgIpc) is 3.34. The van der Waals surface area contributed by atoms with Gasteiger partial charge in [-0.1, -0.05) is 24.3 Å². The molecule has 2 aromatic heterocycles. The first-order chi connectivity index (χ1) is 16.7. The molecule has 2 heterocycles. The van der Waals surface area contributed by atoms with Gasteiger partial charge >= 0.3 is 0 Å². The van der Waals surface area contributed by atoms with Gasteiger partial charge in [0.1, 0.15) is 21.4 Å². The minimum Gasteiger partial charge on any atom is -0.744 e. The van der Waals surface area contributed by atoms with E-state index >= 15 is 0 Å². The van der Waals surface area contributed by atoms with Crippen molar-refractivity contribution in [2.24, 2.45) is 0 Å². The van der Waals surface area contributed by atoms with Crippen LogP contribution in [-0.2, 0) is 15.9 Å². The monoisotopic (exact) mass is 505 g/mol. The van der Waals surface area contributed by atoms with Crippen LogP contribution >= 0.6 is 10.5 Å². The van der Waals surface area contributed by atoms with Gasteiger partial charge in [-0.25, -0.2) is 13.1 Å². The van der Waals surface area contributed by atoms with Gasteiger partial charge in [-0.15, -0.1) is 0 Å². The number of nitrogens with one attached hydrogen (secondary N) is 1. The number of allylic oxidation sites excluding steroid dienone is 1. The van der Waals surface area contributed by atoms with E-state index in [9.17, 15) is 17.8 Å². The molecule has 1 atom stereocenters. The van der Waals surface area contributed by atoms with Gasteiger partial charge < -0.3 is 4.55 Å². The van der Waals surface area contributed by atoms with Gasteiger partial charge in [-0.05, 0) is 62.1 Å². The maximum absolute atomic E-state index is 13.3. The van der Waals surface area contributed by atoms with Crippen LogP contribution in [0.2, 0.25) is 0 Å². The third kappa shape index (κ3) is 4.01. The third-order valence-electron chi connectivity index (χ3n) is 6.08. The van der Waals surface area contributed by atoms with E-state index in [1.54, 1.807) is 0 Å². The molecule has 0 bridgehead atoms. The highest BCUT2D eigenvalue weighted by Crippen LogP contribution is 2.39. The summed E-state index contributed by atoms with van der Waals surface area (Å²) in [5.41, 5.74) is 3.20. The molecule has 0 amide bonds. The zero-order valence-corrected chi connectivity index (χ0v) is 21.0. The maximum atomic E-state index is 13.3. The van der Waals surface area contributed by atoms with Crippen LogP contribution in [0.25, 0.3) is 38.3 Å². The van der Waals surface area contributed by atoms with Crippen LogP contribution < -0.4 is 5.56 Å². The molecular formula is C26H23N3O4S2. The van der Waals surface area contributed by atoms with Gasteiger partial charge in [-0.2, -0.15) is 4.98 Å². The maximum Gasteiger partial charge on any atom is 0.279 e. The highest BCUT2D eigenvalue weighted by molar-refractivity contribution is 7.85. The fourth-order valence-corrected chi connectivity index (χ4v) is 6.89. The molecule has 1 N–H and O–H groups in total. The van der Waals surface area contributed by atoms with E-state index in [4.69, 9.17) is 4.98 Å². The van der Waals surface area contributed by atoms with E-state index in [0.717, 1.165) is 32.6 Å². The van der Waals surface area contributed by atoms with Crippen molar-refractivity contribution < 1.29 is 13.0 Å². The molecule has 7 nitrogen and oxygen atoms in total. The second kappa shape index (κ2) is 8.60. The minimum absolute atomic E-state index is 0.183.